The molecule has 3 aromatic rings. The molecule has 1 amide bonds. The van der Waals surface area contributed by atoms with Crippen LogP contribution in [0.1, 0.15) is 53.2 Å². The highest BCUT2D eigenvalue weighted by molar-refractivity contribution is 7.92. The third-order valence-electron chi connectivity index (χ3n) is 5.70. The first-order valence-corrected chi connectivity index (χ1v) is 13.0. The normalized spacial score (nSPS) is 15.2. The van der Waals surface area contributed by atoms with Gasteiger partial charge in [0, 0.05) is 28.7 Å². The molecule has 0 aliphatic heterocycles. The van der Waals surface area contributed by atoms with Crippen molar-refractivity contribution in [1.82, 2.24) is 10.3 Å². The number of pyridine rings is 1. The van der Waals surface area contributed by atoms with E-state index in [-0.39, 0.29) is 51.2 Å². The maximum atomic E-state index is 12.8. The molecule has 1 heterocycles. The summed E-state index contributed by atoms with van der Waals surface area (Å²) in [5, 5.41) is 13.2. The first kappa shape index (κ1) is 23.1. The van der Waals surface area contributed by atoms with Crippen LogP contribution in [0.2, 0.25) is 5.02 Å². The van der Waals surface area contributed by atoms with Crippen molar-refractivity contribution in [2.75, 3.05) is 4.72 Å². The van der Waals surface area contributed by atoms with Gasteiger partial charge in [0.25, 0.3) is 15.9 Å². The monoisotopic (exact) mass is 508 g/mol. The lowest BCUT2D eigenvalue weighted by atomic mass is 10.1. The van der Waals surface area contributed by atoms with Crippen LogP contribution in [0, 0.1) is 11.3 Å². The lowest BCUT2D eigenvalue weighted by molar-refractivity contribution is 0.0950. The Bertz CT molecular complexity index is 1440. The number of amides is 1. The molecule has 2 aromatic carbocycles. The molecule has 0 unspecified atom stereocenters. The molecule has 1 aromatic heterocycles. The van der Waals surface area contributed by atoms with Crippen molar-refractivity contribution in [3.8, 4) is 17.7 Å². The van der Waals surface area contributed by atoms with Gasteiger partial charge >= 0.3 is 0 Å². The van der Waals surface area contributed by atoms with Crippen LogP contribution in [-0.4, -0.2) is 25.4 Å². The maximum Gasteiger partial charge on any atom is 0.261 e. The van der Waals surface area contributed by atoms with E-state index in [9.17, 15) is 18.5 Å². The van der Waals surface area contributed by atoms with Gasteiger partial charge in [-0.05, 0) is 68.1 Å². The van der Waals surface area contributed by atoms with Gasteiger partial charge in [-0.25, -0.2) is 13.4 Å². The van der Waals surface area contributed by atoms with Crippen LogP contribution in [-0.2, 0) is 10.0 Å². The Morgan fingerprint density at radius 2 is 1.83 bits per heavy atom. The minimum absolute atomic E-state index is 0.0237. The van der Waals surface area contributed by atoms with E-state index in [0.29, 0.717) is 10.7 Å². The van der Waals surface area contributed by atoms with Crippen LogP contribution in [0.5, 0.6) is 11.6 Å². The zero-order valence-electron chi connectivity index (χ0n) is 18.5. The van der Waals surface area contributed by atoms with Crippen molar-refractivity contribution in [2.24, 2.45) is 0 Å². The van der Waals surface area contributed by atoms with Crippen molar-refractivity contribution in [2.45, 2.75) is 42.5 Å². The molecule has 0 spiro atoms. The fraction of sp³-hybridized carbons (Fsp3) is 0.240. The molecule has 2 aliphatic rings. The SMILES string of the molecule is N#Cc1c(C(=O)NC2CC2)cc(C2CC2)nc1Oc1cccc(NS(=O)(=O)c2ccc(Cl)cc2)c1. The van der Waals surface area contributed by atoms with Gasteiger partial charge in [-0.3, -0.25) is 9.52 Å². The number of nitrogens with zero attached hydrogens (tertiary/aromatic N) is 2. The third-order valence-corrected chi connectivity index (χ3v) is 7.34. The standard InChI is InChI=1S/C25H21ClN4O4S/c26-16-6-10-20(11-7-16)35(32,33)30-18-2-1-3-19(12-18)34-25-22(14-27)21(24(31)28-17-8-9-17)13-23(29-25)15-4-5-15/h1-3,6-7,10-13,15,17,30H,4-5,8-9H2,(H,28,31). The summed E-state index contributed by atoms with van der Waals surface area (Å²) in [4.78, 5) is 17.4. The van der Waals surface area contributed by atoms with E-state index >= 15 is 0 Å². The minimum atomic E-state index is -3.85. The van der Waals surface area contributed by atoms with Crippen LogP contribution >= 0.6 is 11.6 Å². The Morgan fingerprint density at radius 1 is 1.09 bits per heavy atom. The fourth-order valence-electron chi connectivity index (χ4n) is 3.54. The van der Waals surface area contributed by atoms with E-state index in [4.69, 9.17) is 16.3 Å². The molecule has 0 atom stereocenters. The van der Waals surface area contributed by atoms with Crippen LogP contribution in [0.25, 0.3) is 0 Å². The maximum absolute atomic E-state index is 12.8. The number of sulfonamides is 1. The van der Waals surface area contributed by atoms with Crippen molar-refractivity contribution >= 4 is 33.2 Å². The van der Waals surface area contributed by atoms with Crippen molar-refractivity contribution < 1.29 is 17.9 Å². The highest BCUT2D eigenvalue weighted by Crippen LogP contribution is 2.41. The van der Waals surface area contributed by atoms with E-state index < -0.39 is 10.0 Å². The molecule has 2 N–H and O–H groups in total. The van der Waals surface area contributed by atoms with Crippen LogP contribution in [0.4, 0.5) is 5.69 Å². The van der Waals surface area contributed by atoms with E-state index in [0.717, 1.165) is 25.7 Å². The van der Waals surface area contributed by atoms with Gasteiger partial charge in [-0.1, -0.05) is 17.7 Å². The molecule has 178 valence electrons. The minimum Gasteiger partial charge on any atom is -0.438 e. The van der Waals surface area contributed by atoms with Crippen LogP contribution in [0.3, 0.4) is 0 Å². The van der Waals surface area contributed by atoms with E-state index in [1.54, 1.807) is 24.3 Å². The predicted molar refractivity (Wildman–Crippen MR) is 130 cm³/mol. The molecule has 2 saturated carbocycles. The number of carbonyl (C=O) groups excluding carboxylic acids is 1. The quantitative estimate of drug-likeness (QED) is 0.443. The molecule has 10 heteroatoms. The molecule has 2 fully saturated rings. The summed E-state index contributed by atoms with van der Waals surface area (Å²) in [7, 11) is -3.85. The molecular formula is C25H21ClN4O4S. The predicted octanol–water partition coefficient (Wildman–Crippen LogP) is 4.97. The molecule has 2 aliphatic carbocycles. The van der Waals surface area contributed by atoms with Gasteiger partial charge in [0.1, 0.15) is 17.4 Å². The Morgan fingerprint density at radius 3 is 2.49 bits per heavy atom. The molecule has 5 rings (SSSR count). The second kappa shape index (κ2) is 9.21. The number of nitriles is 1. The Balaban J connectivity index is 1.43. The molecule has 35 heavy (non-hydrogen) atoms. The summed E-state index contributed by atoms with van der Waals surface area (Å²) in [5.74, 6) is 0.208. The summed E-state index contributed by atoms with van der Waals surface area (Å²) >= 11 is 5.85. The first-order chi connectivity index (χ1) is 16.8. The van der Waals surface area contributed by atoms with Crippen LogP contribution in [0.15, 0.2) is 59.5 Å². The number of ether oxygens (including phenoxy) is 1. The van der Waals surface area contributed by atoms with Crippen molar-refractivity contribution in [3.05, 3.63) is 76.4 Å². The van der Waals surface area contributed by atoms with Crippen LogP contribution < -0.4 is 14.8 Å². The third kappa shape index (κ3) is 5.39. The van der Waals surface area contributed by atoms with E-state index in [1.807, 2.05) is 0 Å². The number of benzene rings is 2. The summed E-state index contributed by atoms with van der Waals surface area (Å²) in [6.45, 7) is 0. The summed E-state index contributed by atoms with van der Waals surface area (Å²) in [6, 6.07) is 16.0. The number of rotatable bonds is 8. The van der Waals surface area contributed by atoms with Gasteiger partial charge in [0.15, 0.2) is 0 Å². The van der Waals surface area contributed by atoms with Gasteiger partial charge in [-0.15, -0.1) is 0 Å². The number of anilines is 1. The lowest BCUT2D eigenvalue weighted by Crippen LogP contribution is -2.26. The number of aromatic nitrogens is 1. The molecule has 0 radical (unpaired) electrons. The van der Waals surface area contributed by atoms with Gasteiger partial charge < -0.3 is 10.1 Å². The Labute approximate surface area is 208 Å². The largest absolute Gasteiger partial charge is 0.438 e. The van der Waals surface area contributed by atoms with E-state index in [1.165, 1.54) is 30.3 Å². The second-order valence-corrected chi connectivity index (χ2v) is 10.7. The lowest BCUT2D eigenvalue weighted by Gasteiger charge is -2.14. The fourth-order valence-corrected chi connectivity index (χ4v) is 4.72. The molecule has 0 bridgehead atoms. The highest BCUT2D eigenvalue weighted by atomic mass is 35.5. The van der Waals surface area contributed by atoms with Gasteiger partial charge in [0.05, 0.1) is 16.1 Å². The summed E-state index contributed by atoms with van der Waals surface area (Å²) in [5.41, 5.74) is 1.26. The number of hydrogen-bond acceptors (Lipinski definition) is 6. The average Bonchev–Trinajstić information content (AvgIpc) is 3.74. The first-order valence-electron chi connectivity index (χ1n) is 11.1. The second-order valence-electron chi connectivity index (χ2n) is 8.60. The summed E-state index contributed by atoms with van der Waals surface area (Å²) < 4.78 is 33.9. The molecular weight excluding hydrogens is 488 g/mol. The zero-order valence-corrected chi connectivity index (χ0v) is 20.1. The molecule has 8 nitrogen and oxygen atoms in total. The smallest absolute Gasteiger partial charge is 0.261 e. The molecule has 0 saturated heterocycles. The average molecular weight is 509 g/mol. The number of carbonyl (C=O) groups is 1. The topological polar surface area (TPSA) is 121 Å². The van der Waals surface area contributed by atoms with Crippen molar-refractivity contribution in [3.63, 3.8) is 0 Å². The van der Waals surface area contributed by atoms with E-state index in [2.05, 4.69) is 21.1 Å². The highest BCUT2D eigenvalue weighted by Gasteiger charge is 2.31. The number of hydrogen-bond donors (Lipinski definition) is 2. The Kier molecular flexibility index (Phi) is 6.09. The summed E-state index contributed by atoms with van der Waals surface area (Å²) in [6.07, 6.45) is 3.78. The number of nitrogens with one attached hydrogen (secondary N) is 2. The van der Waals surface area contributed by atoms with Gasteiger partial charge in [-0.2, -0.15) is 5.26 Å². The zero-order chi connectivity index (χ0) is 24.6. The number of halogens is 1. The van der Waals surface area contributed by atoms with Crippen molar-refractivity contribution in [1.29, 1.82) is 5.26 Å². The Hall–Kier alpha value is -3.61. The van der Waals surface area contributed by atoms with Gasteiger partial charge in [0.2, 0.25) is 5.88 Å².